The number of nitrogens with one attached hydrogen (secondary N) is 2. The fourth-order valence-corrected chi connectivity index (χ4v) is 24.1. The molecular formula is C106H130FN7O24S7+2. The number of hydrogen-bond acceptors (Lipinski definition) is 19. The number of para-hydroxylation sites is 1. The van der Waals surface area contributed by atoms with Crippen LogP contribution in [0, 0.1) is 5.82 Å². The van der Waals surface area contributed by atoms with E-state index >= 15 is 4.39 Å². The summed E-state index contributed by atoms with van der Waals surface area (Å²) in [5, 5.41) is 9.21. The highest BCUT2D eigenvalue weighted by Gasteiger charge is 2.48. The van der Waals surface area contributed by atoms with E-state index in [0.717, 1.165) is 106 Å². The Bertz CT molecular complexity index is 7570. The lowest BCUT2D eigenvalue weighted by molar-refractivity contribution is -0.438. The van der Waals surface area contributed by atoms with E-state index in [0.29, 0.717) is 183 Å². The molecule has 0 saturated carbocycles. The average Bonchev–Trinajstić information content (AvgIpc) is 1.57. The predicted octanol–water partition coefficient (Wildman–Crippen LogP) is 17.0. The summed E-state index contributed by atoms with van der Waals surface area (Å²) in [6, 6.07) is 38.1. The Morgan fingerprint density at radius 3 is 1.61 bits per heavy atom. The Balaban J connectivity index is 0.631. The molecule has 780 valence electrons. The van der Waals surface area contributed by atoms with Crippen LogP contribution in [-0.2, 0) is 103 Å². The van der Waals surface area contributed by atoms with Gasteiger partial charge in [0, 0.05) is 150 Å². The summed E-state index contributed by atoms with van der Waals surface area (Å²) in [4.78, 5) is 29.5. The molecule has 3 aliphatic heterocycles. The first kappa shape index (κ1) is 111. The number of nitrogens with zero attached hydrogens (tertiary/aromatic N) is 5. The molecule has 0 unspecified atom stereocenters. The van der Waals surface area contributed by atoms with Gasteiger partial charge in [-0.3, -0.25) is 41.5 Å². The SMILES string of the molecule is C=c1/c(=C\C=C2/CCCC(/C=C/C3=[N+](CCCCCC(=O)NCCCCCCNC(=O)CCCCC[N+]4=C(/C=C/C5=C(Oc6ccc(S(=O)(=O)O)cc6)C(=C/C=C6/N(CCCCS(=O)(=O)O)c7ccc(S(=O)(=O)O)cc7C6(C)C)/CCC5)C(C)(C)c5ccccc54)c4ccc5cc(S(=O)(=O)O)ccc5c4C3(C)C)=C2c2ccccc2F)n(CCCS(=O)(=O)O)c2ccc(N(CCCS(=O)(=O)O)CCCS(=O)(=O)O)cc12. The minimum absolute atomic E-state index is 0.00570. The van der Waals surface area contributed by atoms with Crippen LogP contribution in [0.1, 0.15) is 211 Å². The number of carbonyl (C=O) groups excluding carboxylic acids is 2. The van der Waals surface area contributed by atoms with Crippen LogP contribution in [0.3, 0.4) is 0 Å². The van der Waals surface area contributed by atoms with Crippen molar-refractivity contribution >= 4 is 157 Å². The lowest BCUT2D eigenvalue weighted by atomic mass is 9.78. The van der Waals surface area contributed by atoms with Gasteiger partial charge >= 0.3 is 0 Å². The van der Waals surface area contributed by atoms with Crippen molar-refractivity contribution in [3.63, 3.8) is 0 Å². The van der Waals surface area contributed by atoms with E-state index in [1.165, 1.54) is 54.6 Å². The van der Waals surface area contributed by atoms with E-state index in [9.17, 15) is 100 Å². The van der Waals surface area contributed by atoms with Crippen molar-refractivity contribution in [1.82, 2.24) is 15.2 Å². The molecule has 0 bridgehead atoms. The van der Waals surface area contributed by atoms with Gasteiger partial charge in [0.25, 0.3) is 70.8 Å². The van der Waals surface area contributed by atoms with Gasteiger partial charge in [0.15, 0.2) is 11.4 Å². The first-order chi connectivity index (χ1) is 68.3. The maximum absolute atomic E-state index is 16.6. The monoisotopic (exact) mass is 2130 g/mol. The number of fused-ring (bicyclic) bond motifs is 6. The normalized spacial score (nSPS) is 17.2. The van der Waals surface area contributed by atoms with Crippen LogP contribution in [0.5, 0.6) is 5.75 Å². The lowest BCUT2D eigenvalue weighted by Gasteiger charge is -2.27. The number of allylic oxidation sites excluding steroid dienone is 13. The maximum Gasteiger partial charge on any atom is 0.294 e. The van der Waals surface area contributed by atoms with E-state index in [4.69, 9.17) is 4.74 Å². The molecule has 13 rings (SSSR count). The number of amides is 2. The molecule has 7 aromatic carbocycles. The van der Waals surface area contributed by atoms with Crippen molar-refractivity contribution in [3.8, 4) is 5.75 Å². The van der Waals surface area contributed by atoms with Crippen LogP contribution in [0.25, 0.3) is 39.9 Å². The van der Waals surface area contributed by atoms with E-state index in [1.54, 1.807) is 53.4 Å². The van der Waals surface area contributed by atoms with Gasteiger partial charge in [-0.25, -0.2) is 4.39 Å². The molecule has 0 saturated heterocycles. The summed E-state index contributed by atoms with van der Waals surface area (Å²) in [5.41, 5.74) is 11.3. The van der Waals surface area contributed by atoms with Crippen molar-refractivity contribution in [3.05, 3.63) is 254 Å². The zero-order valence-electron chi connectivity index (χ0n) is 82.4. The van der Waals surface area contributed by atoms with Crippen molar-refractivity contribution in [2.24, 2.45) is 0 Å². The number of anilines is 2. The Hall–Kier alpha value is -10.8. The molecule has 0 fully saturated rings. The van der Waals surface area contributed by atoms with Crippen LogP contribution in [-0.4, -0.2) is 197 Å². The molecule has 1 aromatic heterocycles. The van der Waals surface area contributed by atoms with Gasteiger partial charge in [-0.1, -0.05) is 94.0 Å². The number of aromatic nitrogens is 1. The van der Waals surface area contributed by atoms with Crippen LogP contribution in [0.2, 0.25) is 0 Å². The highest BCUT2D eigenvalue weighted by molar-refractivity contribution is 7.87. The zero-order chi connectivity index (χ0) is 105. The highest BCUT2D eigenvalue weighted by atomic mass is 32.2. The number of hydrogen-bond donors (Lipinski definition) is 9. The molecule has 9 N–H and O–H groups in total. The lowest BCUT2D eigenvalue weighted by Crippen LogP contribution is -2.29. The van der Waals surface area contributed by atoms with Gasteiger partial charge in [0.05, 0.1) is 48.5 Å². The van der Waals surface area contributed by atoms with Crippen molar-refractivity contribution in [2.45, 2.75) is 227 Å². The molecule has 0 spiro atoms. The summed E-state index contributed by atoms with van der Waals surface area (Å²) in [5.74, 6) is -1.89. The molecule has 4 heterocycles. The molecular weight excluding hydrogens is 2000 g/mol. The third-order valence-corrected chi connectivity index (χ3v) is 33.5. The largest absolute Gasteiger partial charge is 0.457 e. The average molecular weight is 2130 g/mol. The summed E-state index contributed by atoms with van der Waals surface area (Å²) in [7, 11) is -31.0. The van der Waals surface area contributed by atoms with Gasteiger partial charge < -0.3 is 29.7 Å². The summed E-state index contributed by atoms with van der Waals surface area (Å²) < 4.78 is 267. The van der Waals surface area contributed by atoms with E-state index in [2.05, 4.69) is 84.4 Å². The summed E-state index contributed by atoms with van der Waals surface area (Å²) in [6.45, 7) is 19.6. The van der Waals surface area contributed by atoms with Crippen LogP contribution in [0.15, 0.2) is 230 Å². The first-order valence-corrected chi connectivity index (χ1v) is 59.7. The number of ether oxygens (including phenoxy) is 1. The van der Waals surface area contributed by atoms with Gasteiger partial charge in [-0.15, -0.1) is 0 Å². The van der Waals surface area contributed by atoms with Crippen molar-refractivity contribution in [2.75, 3.05) is 78.6 Å². The molecule has 5 aliphatic rings. The predicted molar refractivity (Wildman–Crippen MR) is 563 cm³/mol. The number of carbonyl (C=O) groups is 2. The van der Waals surface area contributed by atoms with Crippen molar-refractivity contribution in [1.29, 1.82) is 0 Å². The molecule has 2 amide bonds. The maximum atomic E-state index is 16.6. The minimum Gasteiger partial charge on any atom is -0.457 e. The second kappa shape index (κ2) is 46.8. The Morgan fingerprint density at radius 2 is 1.00 bits per heavy atom. The van der Waals surface area contributed by atoms with Crippen LogP contribution in [0.4, 0.5) is 27.1 Å². The Labute approximate surface area is 849 Å². The molecule has 0 radical (unpaired) electrons. The van der Waals surface area contributed by atoms with Gasteiger partial charge in [0.2, 0.25) is 23.2 Å². The van der Waals surface area contributed by atoms with Crippen LogP contribution < -0.4 is 35.7 Å². The fraction of sp³-hybridized carbons (Fsp3) is 0.415. The topological polar surface area (TPSA) is 465 Å². The number of halogens is 1. The highest BCUT2D eigenvalue weighted by Crippen LogP contribution is 2.51. The quantitative estimate of drug-likeness (QED) is 0.00971. The van der Waals surface area contributed by atoms with Gasteiger partial charge in [0.1, 0.15) is 30.4 Å². The second-order valence-corrected chi connectivity index (χ2v) is 49.8. The third kappa shape index (κ3) is 28.6. The van der Waals surface area contributed by atoms with Crippen molar-refractivity contribution < 1.29 is 119 Å². The summed E-state index contributed by atoms with van der Waals surface area (Å²) in [6.07, 6.45) is 28.0. The summed E-state index contributed by atoms with van der Waals surface area (Å²) >= 11 is 0. The smallest absolute Gasteiger partial charge is 0.294 e. The Morgan fingerprint density at radius 1 is 0.469 bits per heavy atom. The first-order valence-electron chi connectivity index (χ1n) is 49.0. The van der Waals surface area contributed by atoms with E-state index < -0.39 is 116 Å². The standard InChI is InChI=1S/C106H128FN7O24S7/c1-74-87-72-80(110(61-26-68-140(120,121)122)62-27-69-141(123,124)125)44-54-92(87)111(66-28-70-142(126,127)128)91(74)52-39-75-29-24-30-76(101(75)86-33-14-16-35-90(86)107)41-56-98-106(6,7)102-85-51-49-83(144(132,133)134)71-79(85)40-53-95(102)114(98)64-21-11-13-38-100(116)109-60-19-9-8-18-59-108-99(115)37-12-10-20-63-112-93-36-17-15-34-88(93)104(2,3)96(112)57-42-77-31-25-32-78(103(77)138-81-45-47-82(48-46-81)143(129,130)131)43-58-97-105(4,5)89-73-84(145(135,136)137)50-55-94(89)113(97)65-22-23-67-139(117,118)119/h14-17,33-36,39-58,71-73H,1,8-13,18-32,37-38,59-70H2,2-7H3,(H7-2,108,109,115,116,117,118,119,120,121,122,123,124,125,126,127,128,129,130,131,132,133,134,135,136,137)/p+2. The number of rotatable bonds is 49. The second-order valence-electron chi connectivity index (χ2n) is 39.2. The molecule has 31 nitrogen and oxygen atoms in total. The van der Waals surface area contributed by atoms with Gasteiger partial charge in [-0.05, 0) is 284 Å². The Kier molecular flexibility index (Phi) is 35.9. The van der Waals surface area contributed by atoms with E-state index in [1.807, 2.05) is 78.0 Å². The number of benzene rings is 7. The molecule has 8 aromatic rings. The van der Waals surface area contributed by atoms with Crippen LogP contribution >= 0.6 is 0 Å². The minimum atomic E-state index is -4.59. The molecule has 2 aliphatic carbocycles. The molecule has 39 heteroatoms. The number of unbranched alkanes of at least 4 members (excludes halogenated alkanes) is 8. The molecule has 145 heavy (non-hydrogen) atoms. The number of aryl methyl sites for hydroxylation is 1. The fourth-order valence-electron chi connectivity index (χ4n) is 20.5. The van der Waals surface area contributed by atoms with Gasteiger partial charge in [-0.2, -0.15) is 68.1 Å². The van der Waals surface area contributed by atoms with E-state index in [-0.39, 0.29) is 71.8 Å². The zero-order valence-corrected chi connectivity index (χ0v) is 88.1. The molecule has 0 atom stereocenters. The third-order valence-electron chi connectivity index (χ3n) is 27.7.